The number of nitrogens with one attached hydrogen (secondary N) is 2. The average Bonchev–Trinajstić information content (AvgIpc) is 3.50. The molecular formula is C29H36F2N4O4S. The Morgan fingerprint density at radius 1 is 0.925 bits per heavy atom. The van der Waals surface area contributed by atoms with Crippen LogP contribution in [0.5, 0.6) is 5.75 Å². The molecule has 8 nitrogen and oxygen atoms in total. The van der Waals surface area contributed by atoms with E-state index in [2.05, 4.69) is 14.9 Å². The summed E-state index contributed by atoms with van der Waals surface area (Å²) < 4.78 is 60.6. The molecule has 0 aromatic heterocycles. The lowest BCUT2D eigenvalue weighted by atomic mass is 9.93. The second-order valence-electron chi connectivity index (χ2n) is 11.6. The molecule has 1 amide bonds. The van der Waals surface area contributed by atoms with Gasteiger partial charge >= 0.3 is 0 Å². The second kappa shape index (κ2) is 10.1. The summed E-state index contributed by atoms with van der Waals surface area (Å²) in [6, 6.07) is 8.75. The van der Waals surface area contributed by atoms with Crippen LogP contribution in [0.1, 0.15) is 61.4 Å². The second-order valence-corrected chi connectivity index (χ2v) is 13.6. The van der Waals surface area contributed by atoms with Gasteiger partial charge in [-0.2, -0.15) is 0 Å². The molecule has 0 unspecified atom stereocenters. The maximum absolute atomic E-state index is 13.8. The largest absolute Gasteiger partial charge is 0.491 e. The van der Waals surface area contributed by atoms with Gasteiger partial charge < -0.3 is 19.9 Å². The Morgan fingerprint density at radius 3 is 2.25 bits per heavy atom. The van der Waals surface area contributed by atoms with Gasteiger partial charge in [-0.15, -0.1) is 0 Å². The topological polar surface area (TPSA) is 91.0 Å². The minimum Gasteiger partial charge on any atom is -0.491 e. The lowest BCUT2D eigenvalue weighted by Crippen LogP contribution is -2.39. The van der Waals surface area contributed by atoms with Crippen LogP contribution in [0.4, 0.5) is 31.5 Å². The van der Waals surface area contributed by atoms with Crippen molar-refractivity contribution in [1.29, 1.82) is 0 Å². The van der Waals surface area contributed by atoms with Gasteiger partial charge in [0.25, 0.3) is 11.8 Å². The molecule has 1 spiro atoms. The van der Waals surface area contributed by atoms with Crippen molar-refractivity contribution in [2.45, 2.75) is 57.8 Å². The Bertz CT molecular complexity index is 1410. The highest BCUT2D eigenvalue weighted by Crippen LogP contribution is 2.54. The Hall–Kier alpha value is -3.08. The highest BCUT2D eigenvalue weighted by molar-refractivity contribution is 7.92. The number of piperidine rings is 2. The predicted octanol–water partition coefficient (Wildman–Crippen LogP) is 5.25. The SMILES string of the molecule is CCS(=O)(=O)Nc1ccc(C(=O)Nc2cc3c(c(N4CCC(F)(F)CC4)c2)OCC3)c(N2CCC3(CC2)CC3)c1. The van der Waals surface area contributed by atoms with Crippen molar-refractivity contribution in [3.63, 3.8) is 0 Å². The molecule has 2 aromatic rings. The number of halogens is 2. The molecule has 1 aliphatic carbocycles. The van der Waals surface area contributed by atoms with E-state index in [1.165, 1.54) is 12.8 Å². The van der Waals surface area contributed by atoms with Gasteiger partial charge in [0, 0.05) is 56.7 Å². The number of hydrogen-bond donors (Lipinski definition) is 2. The number of alkyl halides is 2. The minimum absolute atomic E-state index is 0.0458. The standard InChI is InChI=1S/C29H36F2N4O4S/c1-2-40(37,38)33-21-3-4-23(24(18-21)34-12-8-28(6-7-28)9-13-34)27(36)32-22-17-20-5-16-39-26(20)25(19-22)35-14-10-29(30,31)11-15-35/h3-4,17-19,33H,2,5-16H2,1H3,(H,32,36). The van der Waals surface area contributed by atoms with E-state index in [-0.39, 0.29) is 37.6 Å². The number of anilines is 4. The average molecular weight is 575 g/mol. The molecule has 0 atom stereocenters. The van der Waals surface area contributed by atoms with Crippen molar-refractivity contribution in [3.8, 4) is 5.75 Å². The molecule has 40 heavy (non-hydrogen) atoms. The Labute approximate surface area is 234 Å². The maximum atomic E-state index is 13.8. The summed E-state index contributed by atoms with van der Waals surface area (Å²) in [6.45, 7) is 4.15. The fraction of sp³-hybridized carbons (Fsp3) is 0.552. The van der Waals surface area contributed by atoms with Gasteiger partial charge in [-0.05, 0) is 68.4 Å². The molecule has 3 heterocycles. The number of hydrogen-bond acceptors (Lipinski definition) is 6. The first-order valence-corrected chi connectivity index (χ1v) is 15.8. The highest BCUT2D eigenvalue weighted by Gasteiger charge is 2.44. The fourth-order valence-corrected chi connectivity index (χ4v) is 6.70. The van der Waals surface area contributed by atoms with Crippen LogP contribution >= 0.6 is 0 Å². The molecule has 1 saturated carbocycles. The molecule has 6 rings (SSSR count). The van der Waals surface area contributed by atoms with Gasteiger partial charge in [-0.25, -0.2) is 17.2 Å². The van der Waals surface area contributed by atoms with Crippen molar-refractivity contribution in [2.24, 2.45) is 5.41 Å². The molecule has 0 bridgehead atoms. The first-order chi connectivity index (χ1) is 19.1. The quantitative estimate of drug-likeness (QED) is 0.470. The van der Waals surface area contributed by atoms with Crippen molar-refractivity contribution in [3.05, 3.63) is 41.5 Å². The number of amides is 1. The monoisotopic (exact) mass is 574 g/mol. The van der Waals surface area contributed by atoms with Crippen molar-refractivity contribution in [2.75, 3.05) is 58.4 Å². The lowest BCUT2D eigenvalue weighted by Gasteiger charge is -2.35. The van der Waals surface area contributed by atoms with Crippen LogP contribution in [-0.4, -0.2) is 58.8 Å². The third-order valence-electron chi connectivity index (χ3n) is 8.88. The van der Waals surface area contributed by atoms with E-state index in [1.807, 2.05) is 17.0 Å². The van der Waals surface area contributed by atoms with Crippen molar-refractivity contribution >= 4 is 38.7 Å². The summed E-state index contributed by atoms with van der Waals surface area (Å²) >= 11 is 0. The number of fused-ring (bicyclic) bond motifs is 1. The molecule has 2 saturated heterocycles. The van der Waals surface area contributed by atoms with Crippen LogP contribution < -0.4 is 24.6 Å². The zero-order valence-corrected chi connectivity index (χ0v) is 23.6. The Morgan fingerprint density at radius 2 is 1.57 bits per heavy atom. The molecule has 4 aliphatic rings. The van der Waals surface area contributed by atoms with Crippen molar-refractivity contribution in [1.82, 2.24) is 0 Å². The Balaban J connectivity index is 1.28. The molecule has 3 aliphatic heterocycles. The van der Waals surface area contributed by atoms with Gasteiger partial charge in [0.05, 0.1) is 35.0 Å². The number of carbonyl (C=O) groups is 1. The van der Waals surface area contributed by atoms with E-state index >= 15 is 0 Å². The third-order valence-corrected chi connectivity index (χ3v) is 10.2. The van der Waals surface area contributed by atoms with Crippen LogP contribution in [0.25, 0.3) is 0 Å². The fourth-order valence-electron chi connectivity index (χ4n) is 6.07. The number of sulfonamides is 1. The highest BCUT2D eigenvalue weighted by atomic mass is 32.2. The number of rotatable bonds is 7. The summed E-state index contributed by atoms with van der Waals surface area (Å²) in [6.07, 6.45) is 4.88. The summed E-state index contributed by atoms with van der Waals surface area (Å²) in [5.41, 5.74) is 4.30. The maximum Gasteiger partial charge on any atom is 0.257 e. The summed E-state index contributed by atoms with van der Waals surface area (Å²) in [4.78, 5) is 17.8. The van der Waals surface area contributed by atoms with Gasteiger partial charge in [0.2, 0.25) is 10.0 Å². The predicted molar refractivity (Wildman–Crippen MR) is 153 cm³/mol. The van der Waals surface area contributed by atoms with Gasteiger partial charge in [-0.3, -0.25) is 9.52 Å². The molecule has 2 aromatic carbocycles. The van der Waals surface area contributed by atoms with E-state index in [9.17, 15) is 22.0 Å². The van der Waals surface area contributed by atoms with Crippen LogP contribution in [-0.2, 0) is 16.4 Å². The normalized spacial score (nSPS) is 21.1. The van der Waals surface area contributed by atoms with Gasteiger partial charge in [-0.1, -0.05) is 0 Å². The smallest absolute Gasteiger partial charge is 0.257 e. The van der Waals surface area contributed by atoms with E-state index < -0.39 is 15.9 Å². The van der Waals surface area contributed by atoms with E-state index in [0.29, 0.717) is 46.8 Å². The molecular weight excluding hydrogens is 538 g/mol. The van der Waals surface area contributed by atoms with E-state index in [4.69, 9.17) is 4.74 Å². The van der Waals surface area contributed by atoms with E-state index in [1.54, 1.807) is 25.1 Å². The number of carbonyl (C=O) groups excluding carboxylic acids is 1. The molecule has 11 heteroatoms. The summed E-state index contributed by atoms with van der Waals surface area (Å²) in [7, 11) is -3.47. The first kappa shape index (κ1) is 27.1. The van der Waals surface area contributed by atoms with Gasteiger partial charge in [0.15, 0.2) is 0 Å². The number of benzene rings is 2. The molecule has 0 radical (unpaired) electrons. The third kappa shape index (κ3) is 5.57. The molecule has 2 N–H and O–H groups in total. The van der Waals surface area contributed by atoms with Crippen LogP contribution in [0.3, 0.4) is 0 Å². The minimum atomic E-state index is -3.47. The summed E-state index contributed by atoms with van der Waals surface area (Å²) in [5, 5.41) is 3.04. The number of ether oxygens (including phenoxy) is 1. The summed E-state index contributed by atoms with van der Waals surface area (Å²) in [5.74, 6) is -2.30. The molecule has 216 valence electrons. The Kier molecular flexibility index (Phi) is 6.83. The van der Waals surface area contributed by atoms with Gasteiger partial charge in [0.1, 0.15) is 5.75 Å². The zero-order valence-electron chi connectivity index (χ0n) is 22.8. The van der Waals surface area contributed by atoms with Crippen LogP contribution in [0, 0.1) is 5.41 Å². The lowest BCUT2D eigenvalue weighted by molar-refractivity contribution is -0.0221. The zero-order chi connectivity index (χ0) is 28.1. The van der Waals surface area contributed by atoms with Crippen LogP contribution in [0.15, 0.2) is 30.3 Å². The first-order valence-electron chi connectivity index (χ1n) is 14.2. The molecule has 3 fully saturated rings. The number of nitrogens with zero attached hydrogens (tertiary/aromatic N) is 2. The van der Waals surface area contributed by atoms with Crippen molar-refractivity contribution < 1.29 is 26.7 Å². The van der Waals surface area contributed by atoms with E-state index in [0.717, 1.165) is 37.2 Å². The van der Waals surface area contributed by atoms with Crippen LogP contribution in [0.2, 0.25) is 0 Å².